The maximum Gasteiger partial charge on any atom is 0.319 e. The molecule has 2 aromatic carbocycles. The fourth-order valence-corrected chi connectivity index (χ4v) is 4.57. The maximum atomic E-state index is 13.8. The number of hydrogen-bond donors (Lipinski definition) is 2. The molecule has 2 atom stereocenters. The predicted octanol–water partition coefficient (Wildman–Crippen LogP) is 3.47. The van der Waals surface area contributed by atoms with Crippen LogP contribution < -0.4 is 10.6 Å². The number of urea groups is 1. The fourth-order valence-electron chi connectivity index (χ4n) is 3.11. The van der Waals surface area contributed by atoms with Crippen molar-refractivity contribution in [3.63, 3.8) is 0 Å². The van der Waals surface area contributed by atoms with Crippen LogP contribution in [0.15, 0.2) is 58.5 Å². The minimum Gasteiger partial charge on any atom is -0.465 e. The summed E-state index contributed by atoms with van der Waals surface area (Å²) in [7, 11) is -4.26. The van der Waals surface area contributed by atoms with E-state index in [-0.39, 0.29) is 22.8 Å². The Balaban J connectivity index is 2.11. The third kappa shape index (κ3) is 5.02. The molecule has 2 amide bonds. The van der Waals surface area contributed by atoms with Crippen LogP contribution in [0.25, 0.3) is 0 Å². The molecule has 1 aliphatic heterocycles. The van der Waals surface area contributed by atoms with Crippen LogP contribution in [0.5, 0.6) is 0 Å². The summed E-state index contributed by atoms with van der Waals surface area (Å²) in [6.45, 7) is 1.55. The standard InChI is InChI=1S/C20H17ClF2N2O5S/c1-2-30-19(26)17-16(10-31(28,29)13-6-7-15(23)14(21)9-13)24-20(27)25-18(17)11-4-3-5-12(22)8-11/h3-10,17-18H,2H2,1H3,(H2,24,25,27)/b16-10+/t17-,18+/m1/s1. The van der Waals surface area contributed by atoms with Gasteiger partial charge in [0.2, 0.25) is 9.84 Å². The van der Waals surface area contributed by atoms with Gasteiger partial charge in [0.05, 0.1) is 28.0 Å². The molecular weight excluding hydrogens is 454 g/mol. The Bertz CT molecular complexity index is 1170. The molecular formula is C20H17ClF2N2O5S. The van der Waals surface area contributed by atoms with Gasteiger partial charge in [-0.25, -0.2) is 22.0 Å². The second kappa shape index (κ2) is 9.03. The van der Waals surface area contributed by atoms with Crippen molar-refractivity contribution in [2.45, 2.75) is 17.9 Å². The first-order valence-electron chi connectivity index (χ1n) is 9.03. The van der Waals surface area contributed by atoms with Gasteiger partial charge in [0, 0.05) is 5.70 Å². The van der Waals surface area contributed by atoms with Gasteiger partial charge in [0.1, 0.15) is 17.6 Å². The summed E-state index contributed by atoms with van der Waals surface area (Å²) in [4.78, 5) is 24.6. The van der Waals surface area contributed by atoms with Gasteiger partial charge in [0.15, 0.2) is 0 Å². The molecule has 0 aromatic heterocycles. The first-order chi connectivity index (χ1) is 14.6. The number of benzene rings is 2. The van der Waals surface area contributed by atoms with Crippen molar-refractivity contribution in [2.75, 3.05) is 6.61 Å². The van der Waals surface area contributed by atoms with Crippen LogP contribution >= 0.6 is 11.6 Å². The number of carbonyl (C=O) groups excluding carboxylic acids is 2. The fraction of sp³-hybridized carbons (Fsp3) is 0.200. The number of sulfone groups is 1. The lowest BCUT2D eigenvalue weighted by atomic mass is 9.89. The van der Waals surface area contributed by atoms with Gasteiger partial charge in [-0.15, -0.1) is 0 Å². The normalized spacial score (nSPS) is 20.1. The predicted molar refractivity (Wildman–Crippen MR) is 108 cm³/mol. The minimum atomic E-state index is -4.26. The van der Waals surface area contributed by atoms with Crippen LogP contribution in [-0.4, -0.2) is 27.0 Å². The Morgan fingerprint density at radius 3 is 2.61 bits per heavy atom. The SMILES string of the molecule is CCOC(=O)[C@@H]1/C(=C\S(=O)(=O)c2ccc(F)c(Cl)c2)NC(=O)N[C@H]1c1cccc(F)c1. The molecule has 7 nitrogen and oxygen atoms in total. The molecule has 1 heterocycles. The number of halogens is 3. The van der Waals surface area contributed by atoms with E-state index in [1.54, 1.807) is 6.92 Å². The first-order valence-corrected chi connectivity index (χ1v) is 11.0. The van der Waals surface area contributed by atoms with E-state index in [4.69, 9.17) is 16.3 Å². The van der Waals surface area contributed by atoms with Crippen molar-refractivity contribution < 1.29 is 31.5 Å². The zero-order chi connectivity index (χ0) is 22.8. The van der Waals surface area contributed by atoms with Crippen molar-refractivity contribution in [2.24, 2.45) is 5.92 Å². The lowest BCUT2D eigenvalue weighted by Gasteiger charge is -2.33. The molecule has 11 heteroatoms. The molecule has 0 aliphatic carbocycles. The second-order valence-corrected chi connectivity index (χ2v) is 8.76. The third-order valence-electron chi connectivity index (χ3n) is 4.46. The number of ether oxygens (including phenoxy) is 1. The van der Waals surface area contributed by atoms with Gasteiger partial charge in [-0.3, -0.25) is 4.79 Å². The van der Waals surface area contributed by atoms with E-state index in [1.807, 2.05) is 0 Å². The molecule has 2 N–H and O–H groups in total. The van der Waals surface area contributed by atoms with Crippen LogP contribution in [0.1, 0.15) is 18.5 Å². The highest BCUT2D eigenvalue weighted by Gasteiger charge is 2.40. The molecule has 0 bridgehead atoms. The van der Waals surface area contributed by atoms with Gasteiger partial charge < -0.3 is 15.4 Å². The Hall–Kier alpha value is -2.98. The Morgan fingerprint density at radius 2 is 1.97 bits per heavy atom. The molecule has 2 aromatic rings. The molecule has 0 saturated carbocycles. The van der Waals surface area contributed by atoms with Crippen LogP contribution in [0.2, 0.25) is 5.02 Å². The monoisotopic (exact) mass is 470 g/mol. The van der Waals surface area contributed by atoms with Gasteiger partial charge >= 0.3 is 12.0 Å². The first kappa shape index (κ1) is 22.7. The van der Waals surface area contributed by atoms with E-state index in [0.717, 1.165) is 24.3 Å². The van der Waals surface area contributed by atoms with Crippen LogP contribution in [-0.2, 0) is 19.4 Å². The van der Waals surface area contributed by atoms with Crippen LogP contribution in [0.4, 0.5) is 13.6 Å². The minimum absolute atomic E-state index is 0.00719. The van der Waals surface area contributed by atoms with Crippen molar-refractivity contribution in [1.82, 2.24) is 10.6 Å². The van der Waals surface area contributed by atoms with E-state index >= 15 is 0 Å². The number of rotatable bonds is 5. The molecule has 1 fully saturated rings. The van der Waals surface area contributed by atoms with Crippen molar-refractivity contribution in [1.29, 1.82) is 0 Å². The van der Waals surface area contributed by atoms with E-state index < -0.39 is 50.5 Å². The van der Waals surface area contributed by atoms with E-state index in [0.29, 0.717) is 5.41 Å². The molecule has 1 aliphatic rings. The summed E-state index contributed by atoms with van der Waals surface area (Å²) >= 11 is 5.67. The summed E-state index contributed by atoms with van der Waals surface area (Å²) < 4.78 is 57.9. The largest absolute Gasteiger partial charge is 0.465 e. The maximum absolute atomic E-state index is 13.8. The molecule has 0 radical (unpaired) electrons. The topological polar surface area (TPSA) is 102 Å². The number of carbonyl (C=O) groups is 2. The lowest BCUT2D eigenvalue weighted by Crippen LogP contribution is -2.51. The highest BCUT2D eigenvalue weighted by Crippen LogP contribution is 2.33. The van der Waals surface area contributed by atoms with Crippen LogP contribution in [0, 0.1) is 17.6 Å². The Morgan fingerprint density at radius 1 is 1.23 bits per heavy atom. The molecule has 31 heavy (non-hydrogen) atoms. The van der Waals surface area contributed by atoms with Crippen molar-refractivity contribution in [3.8, 4) is 0 Å². The highest BCUT2D eigenvalue weighted by molar-refractivity contribution is 7.94. The lowest BCUT2D eigenvalue weighted by molar-refractivity contribution is -0.147. The van der Waals surface area contributed by atoms with E-state index in [9.17, 15) is 26.8 Å². The number of amides is 2. The van der Waals surface area contributed by atoms with Gasteiger partial charge in [0.25, 0.3) is 0 Å². The quantitative estimate of drug-likeness (QED) is 0.514. The molecule has 0 unspecified atom stereocenters. The number of esters is 1. The van der Waals surface area contributed by atoms with Crippen molar-refractivity contribution in [3.05, 3.63) is 75.8 Å². The Labute approximate surface area is 182 Å². The Kier molecular flexibility index (Phi) is 6.61. The van der Waals surface area contributed by atoms with Crippen molar-refractivity contribution >= 4 is 33.4 Å². The van der Waals surface area contributed by atoms with Gasteiger partial charge in [-0.2, -0.15) is 0 Å². The number of hydrogen-bond acceptors (Lipinski definition) is 5. The summed E-state index contributed by atoms with van der Waals surface area (Å²) in [6.07, 6.45) is 0. The third-order valence-corrected chi connectivity index (χ3v) is 6.23. The van der Waals surface area contributed by atoms with Crippen LogP contribution in [0.3, 0.4) is 0 Å². The van der Waals surface area contributed by atoms with E-state index in [1.165, 1.54) is 18.2 Å². The smallest absolute Gasteiger partial charge is 0.319 e. The van der Waals surface area contributed by atoms with Gasteiger partial charge in [-0.05, 0) is 42.8 Å². The molecule has 3 rings (SSSR count). The number of nitrogens with one attached hydrogen (secondary N) is 2. The van der Waals surface area contributed by atoms with E-state index in [2.05, 4.69) is 10.6 Å². The molecule has 1 saturated heterocycles. The highest BCUT2D eigenvalue weighted by atomic mass is 35.5. The second-order valence-electron chi connectivity index (χ2n) is 6.55. The average Bonchev–Trinajstić information content (AvgIpc) is 2.69. The summed E-state index contributed by atoms with van der Waals surface area (Å²) in [5.41, 5.74) is -0.0436. The van der Waals surface area contributed by atoms with Gasteiger partial charge in [-0.1, -0.05) is 23.7 Å². The summed E-state index contributed by atoms with van der Waals surface area (Å²) in [6, 6.07) is 6.08. The average molecular weight is 471 g/mol. The summed E-state index contributed by atoms with van der Waals surface area (Å²) in [5, 5.41) is 5.07. The molecule has 164 valence electrons. The zero-order valence-corrected chi connectivity index (χ0v) is 17.6. The zero-order valence-electron chi connectivity index (χ0n) is 16.1. The molecule has 0 spiro atoms. The summed E-state index contributed by atoms with van der Waals surface area (Å²) in [5.74, 6) is -3.56.